The Hall–Kier alpha value is -1.70. The standard InChI is InChI=1S/C9H9N3O2S/c1-2-12-7(13)5-15-8(12)3-6(4-10)9(11)14/h2,5H2,1H3,(H2,11,14). The first-order valence-corrected chi connectivity index (χ1v) is 5.22. The van der Waals surface area contributed by atoms with Crippen LogP contribution in [0.15, 0.2) is 16.3 Å². The Bertz CT molecular complexity index is 416. The highest BCUT2D eigenvalue weighted by molar-refractivity contribution is 8.04. The van der Waals surface area contributed by atoms with Crippen LogP contribution in [0, 0.1) is 11.3 Å². The third kappa shape index (κ3) is 2.40. The molecule has 0 aromatic rings. The fourth-order valence-corrected chi connectivity index (χ4v) is 2.05. The Balaban J connectivity index is 3.17. The Kier molecular flexibility index (Phi) is 3.56. The Morgan fingerprint density at radius 1 is 1.73 bits per heavy atom. The van der Waals surface area contributed by atoms with Gasteiger partial charge in [-0.05, 0) is 6.92 Å². The molecule has 2 amide bonds. The molecular formula is C9H9N3O2S. The Labute approximate surface area is 91.2 Å². The van der Waals surface area contributed by atoms with E-state index in [-0.39, 0.29) is 11.5 Å². The van der Waals surface area contributed by atoms with Gasteiger partial charge in [0.25, 0.3) is 5.91 Å². The van der Waals surface area contributed by atoms with Crippen molar-refractivity contribution < 1.29 is 9.59 Å². The second-order valence-corrected chi connectivity index (χ2v) is 3.67. The molecule has 0 saturated carbocycles. The van der Waals surface area contributed by atoms with Crippen LogP contribution in [0.25, 0.3) is 0 Å². The maximum atomic E-state index is 11.3. The van der Waals surface area contributed by atoms with Crippen LogP contribution in [0.2, 0.25) is 0 Å². The average Bonchev–Trinajstić information content (AvgIpc) is 2.54. The number of hydrogen-bond acceptors (Lipinski definition) is 4. The quantitative estimate of drug-likeness (QED) is 0.404. The second kappa shape index (κ2) is 4.69. The molecule has 0 bridgehead atoms. The lowest BCUT2D eigenvalue weighted by Gasteiger charge is -2.11. The molecule has 0 aromatic carbocycles. The molecule has 1 rings (SSSR count). The minimum atomic E-state index is -0.832. The van der Waals surface area contributed by atoms with Crippen LogP contribution in [-0.2, 0) is 9.59 Å². The van der Waals surface area contributed by atoms with Crippen molar-refractivity contribution in [3.63, 3.8) is 0 Å². The van der Waals surface area contributed by atoms with Gasteiger partial charge in [-0.25, -0.2) is 0 Å². The van der Waals surface area contributed by atoms with Crippen molar-refractivity contribution in [2.75, 3.05) is 12.3 Å². The van der Waals surface area contributed by atoms with E-state index < -0.39 is 5.91 Å². The molecule has 1 aliphatic rings. The van der Waals surface area contributed by atoms with E-state index in [2.05, 4.69) is 5.73 Å². The van der Waals surface area contributed by atoms with Crippen LogP contribution in [-0.4, -0.2) is 29.0 Å². The number of amides is 2. The highest BCUT2D eigenvalue weighted by atomic mass is 32.2. The minimum Gasteiger partial charge on any atom is -0.364 e. The van der Waals surface area contributed by atoms with Crippen molar-refractivity contribution >= 4 is 23.6 Å². The second-order valence-electron chi connectivity index (χ2n) is 2.71. The molecule has 5 nitrogen and oxygen atoms in total. The summed E-state index contributed by atoms with van der Waals surface area (Å²) in [6, 6.07) is 1.65. The molecule has 1 fully saturated rings. The van der Waals surface area contributed by atoms with E-state index in [1.807, 2.05) is 6.92 Å². The normalized spacial score (nSPS) is 14.8. The third-order valence-corrected chi connectivity index (χ3v) is 2.77. The smallest absolute Gasteiger partial charge is 0.267 e. The summed E-state index contributed by atoms with van der Waals surface area (Å²) in [5.41, 5.74) is 7.26. The van der Waals surface area contributed by atoms with E-state index in [9.17, 15) is 9.59 Å². The molecule has 15 heavy (non-hydrogen) atoms. The molecule has 0 unspecified atom stereocenters. The SMILES string of the molecule is CCN1C(=O)CSC1=C=C(C#N)C(N)=O. The molecule has 1 aliphatic heterocycles. The fourth-order valence-electron chi connectivity index (χ4n) is 1.07. The molecule has 0 atom stereocenters. The molecule has 6 heteroatoms. The van der Waals surface area contributed by atoms with Gasteiger partial charge in [0.2, 0.25) is 5.91 Å². The first kappa shape index (κ1) is 11.4. The maximum Gasteiger partial charge on any atom is 0.267 e. The number of carbonyl (C=O) groups excluding carboxylic acids is 2. The minimum absolute atomic E-state index is 0.0493. The largest absolute Gasteiger partial charge is 0.364 e. The number of nitrogens with two attached hydrogens (primary N) is 1. The first-order valence-electron chi connectivity index (χ1n) is 4.24. The number of primary amides is 1. The van der Waals surface area contributed by atoms with Gasteiger partial charge in [-0.2, -0.15) is 5.26 Å². The summed E-state index contributed by atoms with van der Waals surface area (Å²) in [6.07, 6.45) is 0. The summed E-state index contributed by atoms with van der Waals surface area (Å²) in [5.74, 6) is -0.569. The molecule has 0 aliphatic carbocycles. The summed E-state index contributed by atoms with van der Waals surface area (Å²) in [4.78, 5) is 23.5. The van der Waals surface area contributed by atoms with E-state index in [1.54, 1.807) is 6.07 Å². The first-order chi connectivity index (χ1) is 7.10. The molecule has 0 radical (unpaired) electrons. The van der Waals surface area contributed by atoms with Crippen molar-refractivity contribution in [1.82, 2.24) is 4.90 Å². The number of nitrogens with zero attached hydrogens (tertiary/aromatic N) is 2. The van der Waals surface area contributed by atoms with E-state index in [0.717, 1.165) is 0 Å². The van der Waals surface area contributed by atoms with Gasteiger partial charge in [-0.15, -0.1) is 0 Å². The molecule has 0 spiro atoms. The number of thioether (sulfide) groups is 1. The third-order valence-electron chi connectivity index (χ3n) is 1.78. The number of rotatable bonds is 2. The number of hydrogen-bond donors (Lipinski definition) is 1. The Morgan fingerprint density at radius 3 is 2.87 bits per heavy atom. The Morgan fingerprint density at radius 2 is 2.40 bits per heavy atom. The van der Waals surface area contributed by atoms with Crippen LogP contribution in [0.5, 0.6) is 0 Å². The monoisotopic (exact) mass is 223 g/mol. The van der Waals surface area contributed by atoms with Gasteiger partial charge in [-0.1, -0.05) is 17.5 Å². The molecule has 2 N–H and O–H groups in total. The molecule has 78 valence electrons. The fraction of sp³-hybridized carbons (Fsp3) is 0.333. The summed E-state index contributed by atoms with van der Waals surface area (Å²) in [7, 11) is 0. The van der Waals surface area contributed by atoms with Crippen LogP contribution in [0.3, 0.4) is 0 Å². The van der Waals surface area contributed by atoms with Crippen molar-refractivity contribution in [1.29, 1.82) is 5.26 Å². The zero-order valence-corrected chi connectivity index (χ0v) is 8.93. The van der Waals surface area contributed by atoms with Gasteiger partial charge < -0.3 is 5.73 Å². The highest BCUT2D eigenvalue weighted by Gasteiger charge is 2.25. The van der Waals surface area contributed by atoms with Crippen LogP contribution in [0.1, 0.15) is 6.92 Å². The van der Waals surface area contributed by atoms with Crippen LogP contribution >= 0.6 is 11.8 Å². The summed E-state index contributed by atoms with van der Waals surface area (Å²) in [6.45, 7) is 2.30. The lowest BCUT2D eigenvalue weighted by atomic mass is 10.3. The van der Waals surface area contributed by atoms with Gasteiger partial charge >= 0.3 is 0 Å². The van der Waals surface area contributed by atoms with E-state index in [0.29, 0.717) is 17.3 Å². The zero-order chi connectivity index (χ0) is 11.4. The molecule has 0 aromatic heterocycles. The van der Waals surface area contributed by atoms with Crippen molar-refractivity contribution in [2.24, 2.45) is 5.73 Å². The van der Waals surface area contributed by atoms with Gasteiger partial charge in [0.05, 0.1) is 5.75 Å². The van der Waals surface area contributed by atoms with E-state index in [1.165, 1.54) is 16.7 Å². The molecular weight excluding hydrogens is 214 g/mol. The summed E-state index contributed by atoms with van der Waals surface area (Å²) in [5, 5.41) is 9.09. The number of carbonyl (C=O) groups is 2. The lowest BCUT2D eigenvalue weighted by molar-refractivity contribution is -0.125. The van der Waals surface area contributed by atoms with E-state index in [4.69, 9.17) is 11.0 Å². The van der Waals surface area contributed by atoms with Crippen molar-refractivity contribution in [3.05, 3.63) is 16.3 Å². The average molecular weight is 223 g/mol. The molecule has 1 saturated heterocycles. The van der Waals surface area contributed by atoms with Gasteiger partial charge in [0.1, 0.15) is 11.1 Å². The van der Waals surface area contributed by atoms with E-state index >= 15 is 0 Å². The maximum absolute atomic E-state index is 11.3. The topological polar surface area (TPSA) is 87.2 Å². The summed E-state index contributed by atoms with van der Waals surface area (Å²) >= 11 is 1.25. The zero-order valence-electron chi connectivity index (χ0n) is 8.11. The van der Waals surface area contributed by atoms with Crippen molar-refractivity contribution in [2.45, 2.75) is 6.92 Å². The van der Waals surface area contributed by atoms with Gasteiger partial charge in [0, 0.05) is 6.54 Å². The van der Waals surface area contributed by atoms with Crippen LogP contribution < -0.4 is 5.73 Å². The summed E-state index contributed by atoms with van der Waals surface area (Å²) < 4.78 is 0. The lowest BCUT2D eigenvalue weighted by Crippen LogP contribution is -2.23. The van der Waals surface area contributed by atoms with Crippen LogP contribution in [0.4, 0.5) is 0 Å². The van der Waals surface area contributed by atoms with Crippen molar-refractivity contribution in [3.8, 4) is 6.07 Å². The predicted octanol–water partition coefficient (Wildman–Crippen LogP) is -0.0427. The highest BCUT2D eigenvalue weighted by Crippen LogP contribution is 2.27. The predicted molar refractivity (Wildman–Crippen MR) is 55.2 cm³/mol. The van der Waals surface area contributed by atoms with Gasteiger partial charge in [-0.3, -0.25) is 14.5 Å². The number of nitriles is 1. The van der Waals surface area contributed by atoms with Gasteiger partial charge in [0.15, 0.2) is 5.57 Å². The molecule has 1 heterocycles.